The second-order valence-corrected chi connectivity index (χ2v) is 7.67. The van der Waals surface area contributed by atoms with Gasteiger partial charge in [-0.2, -0.15) is 0 Å². The number of hydrogen-bond donors (Lipinski definition) is 0. The van der Waals surface area contributed by atoms with Crippen molar-refractivity contribution in [2.45, 2.75) is 58.1 Å². The number of rotatable bonds is 1. The van der Waals surface area contributed by atoms with E-state index >= 15 is 0 Å². The van der Waals surface area contributed by atoms with Crippen LogP contribution in [0.15, 0.2) is 5.18 Å². The number of likely N-dealkylation sites (tertiary alicyclic amines) is 2. The molecular formula is C18H27N3O4. The van der Waals surface area contributed by atoms with Crippen LogP contribution in [-0.4, -0.2) is 59.6 Å². The average Bonchev–Trinajstić information content (AvgIpc) is 2.59. The van der Waals surface area contributed by atoms with Gasteiger partial charge in [0.15, 0.2) is 0 Å². The van der Waals surface area contributed by atoms with E-state index in [0.29, 0.717) is 6.04 Å². The molecule has 0 aromatic rings. The maximum absolute atomic E-state index is 12.1. The van der Waals surface area contributed by atoms with Gasteiger partial charge in [-0.3, -0.25) is 4.79 Å². The van der Waals surface area contributed by atoms with E-state index in [1.54, 1.807) is 4.90 Å². The minimum absolute atomic E-state index is 0.156. The average molecular weight is 349 g/mol. The predicted molar refractivity (Wildman–Crippen MR) is 93.7 cm³/mol. The van der Waals surface area contributed by atoms with Crippen LogP contribution in [0.25, 0.3) is 0 Å². The van der Waals surface area contributed by atoms with Gasteiger partial charge < -0.3 is 14.5 Å². The number of nitrogens with zero attached hydrogens (tertiary/aromatic N) is 3. The van der Waals surface area contributed by atoms with E-state index in [1.807, 2.05) is 20.8 Å². The molecule has 0 atom stereocenters. The van der Waals surface area contributed by atoms with Gasteiger partial charge in [0, 0.05) is 36.1 Å². The topological polar surface area (TPSA) is 79.3 Å². The van der Waals surface area contributed by atoms with Crippen molar-refractivity contribution in [1.82, 2.24) is 9.80 Å². The van der Waals surface area contributed by atoms with Gasteiger partial charge in [0.1, 0.15) is 5.60 Å². The quantitative estimate of drug-likeness (QED) is 0.536. The van der Waals surface area contributed by atoms with Crippen molar-refractivity contribution in [1.29, 1.82) is 0 Å². The molecule has 2 fully saturated rings. The van der Waals surface area contributed by atoms with Crippen molar-refractivity contribution in [3.05, 3.63) is 4.91 Å². The molecule has 0 bridgehead atoms. The summed E-state index contributed by atoms with van der Waals surface area (Å²) in [5, 5.41) is 2.29. The Bertz CT molecular complexity index is 557. The highest BCUT2D eigenvalue weighted by Crippen LogP contribution is 2.24. The summed E-state index contributed by atoms with van der Waals surface area (Å²) in [6.45, 7) is 8.94. The molecule has 0 N–H and O–H groups in total. The van der Waals surface area contributed by atoms with E-state index < -0.39 is 11.5 Å². The Labute approximate surface area is 149 Å². The van der Waals surface area contributed by atoms with Crippen LogP contribution < -0.4 is 0 Å². The second kappa shape index (κ2) is 8.43. The number of piperidine rings is 2. The van der Waals surface area contributed by atoms with Crippen LogP contribution in [0.3, 0.4) is 0 Å². The van der Waals surface area contributed by atoms with Crippen molar-refractivity contribution < 1.29 is 14.3 Å². The standard InChI is InChI=1S/C18H27N3O4/c1-18(2,3)25-17(23)21-12-8-15(9-13-21)20-10-6-14(7-11-20)4-5-16(22)19-24/h14-15H,6-13H2,1-3H3. The first-order chi connectivity index (χ1) is 11.8. The largest absolute Gasteiger partial charge is 0.444 e. The van der Waals surface area contributed by atoms with Gasteiger partial charge in [0.25, 0.3) is 0 Å². The molecule has 2 aliphatic rings. The van der Waals surface area contributed by atoms with E-state index in [1.165, 1.54) is 0 Å². The highest BCUT2D eigenvalue weighted by atomic mass is 16.6. The van der Waals surface area contributed by atoms with Crippen molar-refractivity contribution in [2.75, 3.05) is 26.2 Å². The molecule has 7 heteroatoms. The minimum atomic E-state index is -0.892. The fraction of sp³-hybridized carbons (Fsp3) is 0.778. The van der Waals surface area contributed by atoms with E-state index in [0.717, 1.165) is 51.9 Å². The third kappa shape index (κ3) is 6.13. The molecule has 0 radical (unpaired) electrons. The van der Waals surface area contributed by atoms with Gasteiger partial charge in [-0.05, 0) is 59.5 Å². The van der Waals surface area contributed by atoms with Gasteiger partial charge in [-0.15, -0.1) is 4.91 Å². The van der Waals surface area contributed by atoms with E-state index in [2.05, 4.69) is 21.9 Å². The first-order valence-electron chi connectivity index (χ1n) is 8.89. The summed E-state index contributed by atoms with van der Waals surface area (Å²) >= 11 is 0. The highest BCUT2D eigenvalue weighted by Gasteiger charge is 2.31. The van der Waals surface area contributed by atoms with Crippen LogP contribution in [0.5, 0.6) is 0 Å². The second-order valence-electron chi connectivity index (χ2n) is 7.67. The molecule has 2 heterocycles. The Morgan fingerprint density at radius 1 is 1.04 bits per heavy atom. The first kappa shape index (κ1) is 19.4. The number of ether oxygens (including phenoxy) is 1. The van der Waals surface area contributed by atoms with Crippen molar-refractivity contribution in [3.8, 4) is 11.8 Å². The fourth-order valence-corrected chi connectivity index (χ4v) is 3.34. The van der Waals surface area contributed by atoms with Crippen LogP contribution in [0.2, 0.25) is 0 Å². The summed E-state index contributed by atoms with van der Waals surface area (Å²) in [7, 11) is 0. The number of nitroso groups, excluding NO2 is 1. The number of carbonyl (C=O) groups is 2. The Kier molecular flexibility index (Phi) is 6.54. The first-order valence-corrected chi connectivity index (χ1v) is 8.89. The van der Waals surface area contributed by atoms with Crippen molar-refractivity contribution >= 4 is 12.0 Å². The highest BCUT2D eigenvalue weighted by molar-refractivity contribution is 5.94. The molecule has 2 amide bonds. The number of carbonyl (C=O) groups excluding carboxylic acids is 2. The minimum Gasteiger partial charge on any atom is -0.444 e. The summed E-state index contributed by atoms with van der Waals surface area (Å²) in [6, 6.07) is 0.478. The monoisotopic (exact) mass is 349 g/mol. The Morgan fingerprint density at radius 2 is 1.64 bits per heavy atom. The lowest BCUT2D eigenvalue weighted by molar-refractivity contribution is -0.112. The molecule has 2 aliphatic heterocycles. The maximum atomic E-state index is 12.1. The molecule has 25 heavy (non-hydrogen) atoms. The zero-order chi connectivity index (χ0) is 18.4. The summed E-state index contributed by atoms with van der Waals surface area (Å²) in [5.41, 5.74) is -0.461. The van der Waals surface area contributed by atoms with Crippen molar-refractivity contribution in [2.24, 2.45) is 11.1 Å². The summed E-state index contributed by atoms with van der Waals surface area (Å²) in [4.78, 5) is 37.2. The zero-order valence-electron chi connectivity index (χ0n) is 15.3. The van der Waals surface area contributed by atoms with E-state index in [4.69, 9.17) is 4.74 Å². The number of hydrogen-bond acceptors (Lipinski definition) is 5. The lowest BCUT2D eigenvalue weighted by atomic mass is 9.94. The lowest BCUT2D eigenvalue weighted by Gasteiger charge is -2.41. The van der Waals surface area contributed by atoms with Crippen molar-refractivity contribution in [3.63, 3.8) is 0 Å². The fourth-order valence-electron chi connectivity index (χ4n) is 3.34. The molecule has 0 aromatic carbocycles. The molecule has 2 rings (SSSR count). The smallest absolute Gasteiger partial charge is 0.410 e. The summed E-state index contributed by atoms with van der Waals surface area (Å²) in [6.07, 6.45) is 3.46. The molecule has 2 saturated heterocycles. The van der Waals surface area contributed by atoms with E-state index in [-0.39, 0.29) is 12.0 Å². The predicted octanol–water partition coefficient (Wildman–Crippen LogP) is 2.39. The van der Waals surface area contributed by atoms with Gasteiger partial charge >= 0.3 is 12.0 Å². The molecule has 0 saturated carbocycles. The van der Waals surface area contributed by atoms with Crippen LogP contribution in [-0.2, 0) is 9.53 Å². The Balaban J connectivity index is 1.75. The van der Waals surface area contributed by atoms with Gasteiger partial charge in [0.05, 0.1) is 0 Å². The third-order valence-corrected chi connectivity index (χ3v) is 4.63. The van der Waals surface area contributed by atoms with Crippen LogP contribution in [0, 0.1) is 22.7 Å². The Hall–Kier alpha value is -1.94. The number of amides is 2. The summed E-state index contributed by atoms with van der Waals surface area (Å²) in [5.74, 6) is 4.40. The van der Waals surface area contributed by atoms with Gasteiger partial charge in [-0.25, -0.2) is 4.79 Å². The third-order valence-electron chi connectivity index (χ3n) is 4.63. The van der Waals surface area contributed by atoms with E-state index in [9.17, 15) is 14.5 Å². The van der Waals surface area contributed by atoms with Gasteiger partial charge in [-0.1, -0.05) is 5.92 Å². The molecule has 138 valence electrons. The van der Waals surface area contributed by atoms with Crippen LogP contribution >= 0.6 is 0 Å². The maximum Gasteiger partial charge on any atom is 0.410 e. The molecule has 0 aromatic heterocycles. The van der Waals surface area contributed by atoms with Crippen LogP contribution in [0.1, 0.15) is 46.5 Å². The lowest BCUT2D eigenvalue weighted by Crippen LogP contribution is -2.49. The van der Waals surface area contributed by atoms with Gasteiger partial charge in [0.2, 0.25) is 0 Å². The SMILES string of the molecule is CC(C)(C)OC(=O)N1CCC(N2CCC(C#CC(=O)N=O)CC2)CC1. The van der Waals surface area contributed by atoms with Crippen LogP contribution in [0.4, 0.5) is 4.79 Å². The molecule has 0 spiro atoms. The summed E-state index contributed by atoms with van der Waals surface area (Å²) < 4.78 is 5.43. The zero-order valence-corrected chi connectivity index (χ0v) is 15.3. The molecule has 7 nitrogen and oxygen atoms in total. The molecule has 0 unspecified atom stereocenters. The molecule has 0 aliphatic carbocycles. The normalized spacial score (nSPS) is 20.5. The Morgan fingerprint density at radius 3 is 2.16 bits per heavy atom. The molecular weight excluding hydrogens is 322 g/mol.